The summed E-state index contributed by atoms with van der Waals surface area (Å²) in [5, 5.41) is 3.97. The third-order valence-electron chi connectivity index (χ3n) is 2.52. The van der Waals surface area contributed by atoms with Gasteiger partial charge in [0.05, 0.1) is 6.61 Å². The maximum absolute atomic E-state index is 13.4. The first kappa shape index (κ1) is 13.2. The number of hydrogen-bond donors (Lipinski definition) is 0. The highest BCUT2D eigenvalue weighted by Crippen LogP contribution is 2.20. The Morgan fingerprint density at radius 2 is 2.16 bits per heavy atom. The van der Waals surface area contributed by atoms with Gasteiger partial charge in [-0.3, -0.25) is 0 Å². The second-order valence-electron chi connectivity index (χ2n) is 4.12. The van der Waals surface area contributed by atoms with Crippen LogP contribution in [-0.2, 0) is 11.8 Å². The van der Waals surface area contributed by atoms with Crippen molar-refractivity contribution < 1.29 is 13.9 Å². The predicted octanol–water partition coefficient (Wildman–Crippen LogP) is 2.11. The van der Waals surface area contributed by atoms with Crippen molar-refractivity contribution in [3.8, 4) is 11.4 Å². The van der Waals surface area contributed by atoms with E-state index in [9.17, 15) is 9.18 Å². The van der Waals surface area contributed by atoms with Crippen LogP contribution < -0.4 is 0 Å². The molecule has 0 N–H and O–H groups in total. The van der Waals surface area contributed by atoms with Crippen LogP contribution in [0.25, 0.3) is 11.4 Å². The molecule has 0 amide bonds. The molecule has 1 aromatic carbocycles. The molecule has 0 saturated carbocycles. The standard InChI is InChI=1S/C13H14FN3O2/c1-4-19-13(18)11-15-12(17(3)16-11)9-5-8(2)6-10(14)7-9/h5-7H,4H2,1-3H3. The van der Waals surface area contributed by atoms with Gasteiger partial charge in [-0.1, -0.05) is 0 Å². The first-order valence-corrected chi connectivity index (χ1v) is 5.87. The summed E-state index contributed by atoms with van der Waals surface area (Å²) in [7, 11) is 1.64. The van der Waals surface area contributed by atoms with Crippen LogP contribution in [0.2, 0.25) is 0 Å². The second-order valence-corrected chi connectivity index (χ2v) is 4.12. The maximum Gasteiger partial charge on any atom is 0.378 e. The van der Waals surface area contributed by atoms with E-state index < -0.39 is 5.97 Å². The first-order chi connectivity index (χ1) is 9.01. The van der Waals surface area contributed by atoms with E-state index in [1.807, 2.05) is 0 Å². The van der Waals surface area contributed by atoms with E-state index in [4.69, 9.17) is 4.74 Å². The minimum atomic E-state index is -0.586. The molecule has 0 fully saturated rings. The summed E-state index contributed by atoms with van der Waals surface area (Å²) >= 11 is 0. The van der Waals surface area contributed by atoms with Gasteiger partial charge in [0, 0.05) is 12.6 Å². The molecule has 1 aromatic heterocycles. The summed E-state index contributed by atoms with van der Waals surface area (Å²) in [6.45, 7) is 3.75. The molecule has 0 bridgehead atoms. The van der Waals surface area contributed by atoms with Crippen molar-refractivity contribution in [1.29, 1.82) is 0 Å². The van der Waals surface area contributed by atoms with Crippen molar-refractivity contribution in [2.45, 2.75) is 13.8 Å². The van der Waals surface area contributed by atoms with Crippen LogP contribution in [0.4, 0.5) is 4.39 Å². The molecule has 0 aliphatic heterocycles. The number of ether oxygens (including phenoxy) is 1. The fourth-order valence-electron chi connectivity index (χ4n) is 1.78. The van der Waals surface area contributed by atoms with Crippen molar-refractivity contribution in [1.82, 2.24) is 14.8 Å². The average molecular weight is 263 g/mol. The Kier molecular flexibility index (Phi) is 3.59. The van der Waals surface area contributed by atoms with Crippen LogP contribution >= 0.6 is 0 Å². The van der Waals surface area contributed by atoms with Gasteiger partial charge < -0.3 is 4.74 Å². The monoisotopic (exact) mass is 263 g/mol. The fourth-order valence-corrected chi connectivity index (χ4v) is 1.78. The van der Waals surface area contributed by atoms with Crippen LogP contribution in [0.1, 0.15) is 23.1 Å². The smallest absolute Gasteiger partial charge is 0.378 e. The number of carbonyl (C=O) groups excluding carboxylic acids is 1. The molecular weight excluding hydrogens is 249 g/mol. The fraction of sp³-hybridized carbons (Fsp3) is 0.308. The Labute approximate surface area is 110 Å². The minimum Gasteiger partial charge on any atom is -0.460 e. The lowest BCUT2D eigenvalue weighted by atomic mass is 10.1. The molecule has 0 aliphatic rings. The Hall–Kier alpha value is -2.24. The second kappa shape index (κ2) is 5.17. The molecule has 1 heterocycles. The quantitative estimate of drug-likeness (QED) is 0.796. The lowest BCUT2D eigenvalue weighted by molar-refractivity contribution is 0.0512. The van der Waals surface area contributed by atoms with Gasteiger partial charge in [-0.15, -0.1) is 5.10 Å². The van der Waals surface area contributed by atoms with Gasteiger partial charge >= 0.3 is 5.97 Å². The topological polar surface area (TPSA) is 57.0 Å². The van der Waals surface area contributed by atoms with Crippen molar-refractivity contribution in [3.63, 3.8) is 0 Å². The number of nitrogens with zero attached hydrogens (tertiary/aromatic N) is 3. The third-order valence-corrected chi connectivity index (χ3v) is 2.52. The van der Waals surface area contributed by atoms with Gasteiger partial charge in [0.1, 0.15) is 5.82 Å². The average Bonchev–Trinajstić information content (AvgIpc) is 2.70. The largest absolute Gasteiger partial charge is 0.460 e. The normalized spacial score (nSPS) is 10.5. The Bertz CT molecular complexity index is 602. The maximum atomic E-state index is 13.4. The molecule has 100 valence electrons. The molecule has 0 saturated heterocycles. The van der Waals surface area contributed by atoms with E-state index in [0.717, 1.165) is 5.56 Å². The highest BCUT2D eigenvalue weighted by atomic mass is 19.1. The van der Waals surface area contributed by atoms with Crippen LogP contribution in [0.3, 0.4) is 0 Å². The first-order valence-electron chi connectivity index (χ1n) is 5.87. The lowest BCUT2D eigenvalue weighted by Crippen LogP contribution is -2.07. The van der Waals surface area contributed by atoms with E-state index in [2.05, 4.69) is 10.1 Å². The van der Waals surface area contributed by atoms with Crippen LogP contribution in [-0.4, -0.2) is 27.3 Å². The molecule has 2 aromatic rings. The van der Waals surface area contributed by atoms with Gasteiger partial charge in [0.25, 0.3) is 5.82 Å². The van der Waals surface area contributed by atoms with E-state index >= 15 is 0 Å². The lowest BCUT2D eigenvalue weighted by Gasteiger charge is -2.01. The van der Waals surface area contributed by atoms with E-state index in [-0.39, 0.29) is 18.2 Å². The molecule has 0 atom stereocenters. The van der Waals surface area contributed by atoms with E-state index in [1.54, 1.807) is 27.0 Å². The van der Waals surface area contributed by atoms with Gasteiger partial charge in [0.15, 0.2) is 5.82 Å². The summed E-state index contributed by atoms with van der Waals surface area (Å²) < 4.78 is 19.6. The molecule has 2 rings (SSSR count). The van der Waals surface area contributed by atoms with Crippen molar-refractivity contribution >= 4 is 5.97 Å². The molecule has 6 heteroatoms. The summed E-state index contributed by atoms with van der Waals surface area (Å²) in [5.74, 6) is -0.542. The summed E-state index contributed by atoms with van der Waals surface area (Å²) in [6.07, 6.45) is 0. The highest BCUT2D eigenvalue weighted by Gasteiger charge is 2.17. The molecule has 19 heavy (non-hydrogen) atoms. The summed E-state index contributed by atoms with van der Waals surface area (Å²) in [4.78, 5) is 15.6. The third kappa shape index (κ3) is 2.78. The minimum absolute atomic E-state index is 0.0266. The zero-order valence-corrected chi connectivity index (χ0v) is 11.0. The van der Waals surface area contributed by atoms with E-state index in [1.165, 1.54) is 16.8 Å². The van der Waals surface area contributed by atoms with Crippen molar-refractivity contribution in [2.75, 3.05) is 6.61 Å². The van der Waals surface area contributed by atoms with Crippen molar-refractivity contribution in [3.05, 3.63) is 35.4 Å². The van der Waals surface area contributed by atoms with Crippen LogP contribution in [0.15, 0.2) is 18.2 Å². The molecule has 0 aliphatic carbocycles. The number of benzene rings is 1. The van der Waals surface area contributed by atoms with Crippen molar-refractivity contribution in [2.24, 2.45) is 7.05 Å². The Balaban J connectivity index is 2.42. The number of aromatic nitrogens is 3. The summed E-state index contributed by atoms with van der Waals surface area (Å²) in [5.41, 5.74) is 1.35. The molecule has 5 nitrogen and oxygen atoms in total. The van der Waals surface area contributed by atoms with Crippen LogP contribution in [0, 0.1) is 12.7 Å². The van der Waals surface area contributed by atoms with Gasteiger partial charge in [-0.25, -0.2) is 18.9 Å². The number of aryl methyl sites for hydroxylation is 2. The van der Waals surface area contributed by atoms with Gasteiger partial charge in [0.2, 0.25) is 0 Å². The van der Waals surface area contributed by atoms with Crippen LogP contribution in [0.5, 0.6) is 0 Å². The number of rotatable bonds is 3. The molecular formula is C13H14FN3O2. The van der Waals surface area contributed by atoms with E-state index in [0.29, 0.717) is 11.4 Å². The molecule has 0 unspecified atom stereocenters. The number of carbonyl (C=O) groups is 1. The van der Waals surface area contributed by atoms with Gasteiger partial charge in [-0.2, -0.15) is 0 Å². The molecule has 0 radical (unpaired) electrons. The number of hydrogen-bond acceptors (Lipinski definition) is 4. The Morgan fingerprint density at radius 1 is 1.42 bits per heavy atom. The predicted molar refractivity (Wildman–Crippen MR) is 67.1 cm³/mol. The zero-order chi connectivity index (χ0) is 14.0. The number of esters is 1. The number of halogens is 1. The SMILES string of the molecule is CCOC(=O)c1nc(-c2cc(C)cc(F)c2)n(C)n1. The Morgan fingerprint density at radius 3 is 2.79 bits per heavy atom. The zero-order valence-electron chi connectivity index (χ0n) is 11.0. The summed E-state index contributed by atoms with van der Waals surface area (Å²) in [6, 6.07) is 4.56. The highest BCUT2D eigenvalue weighted by molar-refractivity contribution is 5.85. The van der Waals surface area contributed by atoms with Gasteiger partial charge in [-0.05, 0) is 37.6 Å². The molecule has 0 spiro atoms.